The quantitative estimate of drug-likeness (QED) is 0.0747. The SMILES string of the molecule is COc1ccc(OC)c(NC(=O)[C@@H](Sc2ccc(NC(=O)/C(=C/c3ccc(-c4ccccc4OC)o3)NC(=O)c3ccccc3)cc2)c2ccccc2)c1. The Balaban J connectivity index is 1.22. The summed E-state index contributed by atoms with van der Waals surface area (Å²) in [6.07, 6.45) is 1.47. The maximum atomic E-state index is 13.8. The van der Waals surface area contributed by atoms with E-state index >= 15 is 0 Å². The van der Waals surface area contributed by atoms with Crippen LogP contribution in [0.3, 0.4) is 0 Å². The first-order valence-electron chi connectivity index (χ1n) is 16.8. The van der Waals surface area contributed by atoms with E-state index in [2.05, 4.69) is 16.0 Å². The van der Waals surface area contributed by atoms with Gasteiger partial charge in [-0.25, -0.2) is 0 Å². The number of nitrogens with one attached hydrogen (secondary N) is 3. The van der Waals surface area contributed by atoms with E-state index in [4.69, 9.17) is 18.6 Å². The minimum atomic E-state index is -0.626. The molecule has 0 unspecified atom stereocenters. The van der Waals surface area contributed by atoms with Crippen LogP contribution < -0.4 is 30.2 Å². The highest BCUT2D eigenvalue weighted by Crippen LogP contribution is 2.38. The van der Waals surface area contributed by atoms with Gasteiger partial charge in [-0.3, -0.25) is 14.4 Å². The molecule has 3 amide bonds. The molecule has 0 aliphatic carbocycles. The summed E-state index contributed by atoms with van der Waals surface area (Å²) in [6, 6.07) is 41.2. The molecule has 6 aromatic rings. The zero-order chi connectivity index (χ0) is 37.9. The van der Waals surface area contributed by atoms with E-state index in [1.54, 1.807) is 87.0 Å². The molecular weight excluding hydrogens is 703 g/mol. The summed E-state index contributed by atoms with van der Waals surface area (Å²) >= 11 is 1.35. The predicted molar refractivity (Wildman–Crippen MR) is 211 cm³/mol. The fourth-order valence-corrected chi connectivity index (χ4v) is 6.49. The molecule has 1 heterocycles. The zero-order valence-electron chi connectivity index (χ0n) is 29.7. The van der Waals surface area contributed by atoms with Crippen molar-refractivity contribution >= 4 is 46.9 Å². The summed E-state index contributed by atoms with van der Waals surface area (Å²) in [7, 11) is 4.67. The highest BCUT2D eigenvalue weighted by Gasteiger charge is 2.24. The Kier molecular flexibility index (Phi) is 12.1. The van der Waals surface area contributed by atoms with Gasteiger partial charge in [0.1, 0.15) is 39.7 Å². The number of furan rings is 1. The third kappa shape index (κ3) is 9.19. The summed E-state index contributed by atoms with van der Waals surface area (Å²) in [5.41, 5.74) is 2.85. The van der Waals surface area contributed by atoms with Crippen molar-refractivity contribution in [1.29, 1.82) is 0 Å². The molecule has 0 spiro atoms. The van der Waals surface area contributed by atoms with Crippen molar-refractivity contribution in [1.82, 2.24) is 5.32 Å². The second kappa shape index (κ2) is 17.7. The van der Waals surface area contributed by atoms with Crippen LogP contribution in [0.25, 0.3) is 17.4 Å². The smallest absolute Gasteiger partial charge is 0.272 e. The van der Waals surface area contributed by atoms with Crippen molar-refractivity contribution < 1.29 is 33.0 Å². The number of methoxy groups -OCH3 is 3. The number of rotatable bonds is 14. The number of hydrogen-bond acceptors (Lipinski definition) is 8. The van der Waals surface area contributed by atoms with Crippen LogP contribution in [-0.4, -0.2) is 39.1 Å². The van der Waals surface area contributed by atoms with E-state index < -0.39 is 17.1 Å². The van der Waals surface area contributed by atoms with Crippen molar-refractivity contribution in [2.24, 2.45) is 0 Å². The third-order valence-electron chi connectivity index (χ3n) is 8.19. The first-order chi connectivity index (χ1) is 26.3. The lowest BCUT2D eigenvalue weighted by Crippen LogP contribution is -2.30. The fourth-order valence-electron chi connectivity index (χ4n) is 5.47. The van der Waals surface area contributed by atoms with E-state index in [0.717, 1.165) is 16.0 Å². The minimum Gasteiger partial charge on any atom is -0.497 e. The molecule has 10 nitrogen and oxygen atoms in total. The molecule has 0 saturated heterocycles. The Morgan fingerprint density at radius 3 is 2.07 bits per heavy atom. The normalized spacial score (nSPS) is 11.6. The van der Waals surface area contributed by atoms with Gasteiger partial charge in [-0.05, 0) is 78.4 Å². The van der Waals surface area contributed by atoms with E-state index in [1.807, 2.05) is 66.7 Å². The Bertz CT molecular complexity index is 2250. The maximum Gasteiger partial charge on any atom is 0.272 e. The Labute approximate surface area is 317 Å². The molecule has 0 aliphatic heterocycles. The van der Waals surface area contributed by atoms with Crippen LogP contribution in [0.2, 0.25) is 0 Å². The van der Waals surface area contributed by atoms with Gasteiger partial charge in [0.15, 0.2) is 0 Å². The monoisotopic (exact) mass is 739 g/mol. The molecule has 1 aromatic heterocycles. The number of carbonyl (C=O) groups excluding carboxylic acids is 3. The summed E-state index contributed by atoms with van der Waals surface area (Å²) in [5.74, 6) is 1.30. The van der Waals surface area contributed by atoms with Crippen LogP contribution in [0.4, 0.5) is 11.4 Å². The number of hydrogen-bond donors (Lipinski definition) is 3. The van der Waals surface area contributed by atoms with Crippen molar-refractivity contribution in [3.05, 3.63) is 162 Å². The van der Waals surface area contributed by atoms with Crippen LogP contribution in [0.15, 0.2) is 155 Å². The number of carbonyl (C=O) groups is 3. The number of para-hydroxylation sites is 1. The Morgan fingerprint density at radius 2 is 1.37 bits per heavy atom. The Hall–Kier alpha value is -6.72. The molecule has 0 bridgehead atoms. The van der Waals surface area contributed by atoms with Crippen molar-refractivity contribution in [2.45, 2.75) is 10.1 Å². The molecule has 0 fully saturated rings. The zero-order valence-corrected chi connectivity index (χ0v) is 30.5. The summed E-state index contributed by atoms with van der Waals surface area (Å²) in [5, 5.41) is 7.97. The summed E-state index contributed by atoms with van der Waals surface area (Å²) < 4.78 is 22.4. The largest absolute Gasteiger partial charge is 0.497 e. The van der Waals surface area contributed by atoms with Gasteiger partial charge in [-0.1, -0.05) is 60.7 Å². The lowest BCUT2D eigenvalue weighted by molar-refractivity contribution is -0.116. The van der Waals surface area contributed by atoms with Crippen LogP contribution in [0, 0.1) is 0 Å². The molecule has 6 rings (SSSR count). The standard InChI is InChI=1S/C43H37N3O7S/c1-50-31-20-25-39(52-3)35(26-31)45-43(49)40(28-12-6-4-7-13-28)54-33-22-18-30(19-23-33)44-42(48)36(46-41(47)29-14-8-5-9-15-29)27-32-21-24-38(53-32)34-16-10-11-17-37(34)51-2/h4-27,40H,1-3H3,(H,44,48)(H,45,49)(H,46,47)/b36-27-/t40-/m0/s1. The lowest BCUT2D eigenvalue weighted by atomic mass is 10.1. The van der Waals surface area contributed by atoms with Crippen molar-refractivity contribution in [2.75, 3.05) is 32.0 Å². The predicted octanol–water partition coefficient (Wildman–Crippen LogP) is 8.85. The van der Waals surface area contributed by atoms with Gasteiger partial charge in [-0.2, -0.15) is 0 Å². The van der Waals surface area contributed by atoms with E-state index in [0.29, 0.717) is 45.7 Å². The van der Waals surface area contributed by atoms with Crippen LogP contribution in [0.5, 0.6) is 17.2 Å². The molecule has 1 atom stereocenters. The van der Waals surface area contributed by atoms with Crippen LogP contribution in [-0.2, 0) is 9.59 Å². The van der Waals surface area contributed by atoms with Crippen molar-refractivity contribution in [3.63, 3.8) is 0 Å². The average Bonchev–Trinajstić information content (AvgIpc) is 3.69. The highest BCUT2D eigenvalue weighted by molar-refractivity contribution is 8.00. The number of anilines is 2. The number of amides is 3. The van der Waals surface area contributed by atoms with Gasteiger partial charge in [0, 0.05) is 28.3 Å². The average molecular weight is 740 g/mol. The van der Waals surface area contributed by atoms with E-state index in [9.17, 15) is 14.4 Å². The molecule has 0 saturated carbocycles. The molecule has 54 heavy (non-hydrogen) atoms. The van der Waals surface area contributed by atoms with Crippen molar-refractivity contribution in [3.8, 4) is 28.6 Å². The molecule has 0 radical (unpaired) electrons. The fraction of sp³-hybridized carbons (Fsp3) is 0.0930. The molecule has 272 valence electrons. The third-order valence-corrected chi connectivity index (χ3v) is 9.45. The number of benzene rings is 5. The second-order valence-electron chi connectivity index (χ2n) is 11.7. The van der Waals surface area contributed by atoms with E-state index in [-0.39, 0.29) is 11.6 Å². The first kappa shape index (κ1) is 37.1. The molecular formula is C43H37N3O7S. The number of thioether (sulfide) groups is 1. The van der Waals surface area contributed by atoms with Gasteiger partial charge >= 0.3 is 0 Å². The second-order valence-corrected chi connectivity index (χ2v) is 12.9. The topological polar surface area (TPSA) is 128 Å². The molecule has 5 aromatic carbocycles. The summed E-state index contributed by atoms with van der Waals surface area (Å²) in [6.45, 7) is 0. The van der Waals surface area contributed by atoms with E-state index in [1.165, 1.54) is 24.9 Å². The highest BCUT2D eigenvalue weighted by atomic mass is 32.2. The minimum absolute atomic E-state index is 0.0305. The van der Waals surface area contributed by atoms with Crippen LogP contribution in [0.1, 0.15) is 26.9 Å². The maximum absolute atomic E-state index is 13.8. The molecule has 11 heteroatoms. The number of ether oxygens (including phenoxy) is 3. The van der Waals surface area contributed by atoms with Gasteiger partial charge in [-0.15, -0.1) is 11.8 Å². The molecule has 0 aliphatic rings. The van der Waals surface area contributed by atoms with Gasteiger partial charge in [0.05, 0.1) is 32.6 Å². The van der Waals surface area contributed by atoms with Gasteiger partial charge in [0.2, 0.25) is 5.91 Å². The van der Waals surface area contributed by atoms with Gasteiger partial charge < -0.3 is 34.6 Å². The Morgan fingerprint density at radius 1 is 0.685 bits per heavy atom. The lowest BCUT2D eigenvalue weighted by Gasteiger charge is -2.19. The van der Waals surface area contributed by atoms with Crippen LogP contribution >= 0.6 is 11.8 Å². The molecule has 3 N–H and O–H groups in total. The first-order valence-corrected chi connectivity index (χ1v) is 17.7. The van der Waals surface area contributed by atoms with Gasteiger partial charge in [0.25, 0.3) is 11.8 Å². The summed E-state index contributed by atoms with van der Waals surface area (Å²) in [4.78, 5) is 41.5.